The van der Waals surface area contributed by atoms with Crippen LogP contribution in [-0.2, 0) is 6.42 Å². The first kappa shape index (κ1) is 9.97. The number of hydrogen-bond donors (Lipinski definition) is 1. The van der Waals surface area contributed by atoms with Crippen molar-refractivity contribution in [3.05, 3.63) is 46.2 Å². The number of benzene rings is 1. The highest BCUT2D eigenvalue weighted by molar-refractivity contribution is 5.78. The lowest BCUT2D eigenvalue weighted by Gasteiger charge is -2.05. The molecule has 0 spiro atoms. The predicted molar refractivity (Wildman–Crippen MR) is 63.1 cm³/mol. The molecule has 0 aliphatic carbocycles. The van der Waals surface area contributed by atoms with Gasteiger partial charge in [-0.3, -0.25) is 4.79 Å². The van der Waals surface area contributed by atoms with Gasteiger partial charge in [-0.1, -0.05) is 26.0 Å². The highest BCUT2D eigenvalue weighted by Gasteiger charge is 2.00. The number of hydrogen-bond acceptors (Lipinski definition) is 1. The van der Waals surface area contributed by atoms with Gasteiger partial charge in [-0.2, -0.15) is 0 Å². The normalized spacial score (nSPS) is 11.1. The van der Waals surface area contributed by atoms with E-state index in [9.17, 15) is 4.79 Å². The van der Waals surface area contributed by atoms with Crippen LogP contribution in [0.25, 0.3) is 10.9 Å². The maximum Gasteiger partial charge on any atom is 0.248 e. The molecular weight excluding hydrogens is 186 g/mol. The van der Waals surface area contributed by atoms with E-state index in [1.54, 1.807) is 6.07 Å². The molecule has 0 fully saturated rings. The summed E-state index contributed by atoms with van der Waals surface area (Å²) in [6, 6.07) is 9.66. The lowest BCUT2D eigenvalue weighted by atomic mass is 10.0. The number of H-pyrrole nitrogens is 1. The predicted octanol–water partition coefficient (Wildman–Crippen LogP) is 2.73. The molecule has 1 N–H and O–H groups in total. The average Bonchev–Trinajstić information content (AvgIpc) is 2.16. The van der Waals surface area contributed by atoms with E-state index in [1.165, 1.54) is 5.56 Å². The number of aromatic amines is 1. The highest BCUT2D eigenvalue weighted by atomic mass is 16.1. The van der Waals surface area contributed by atoms with Crippen LogP contribution in [0.1, 0.15) is 19.4 Å². The van der Waals surface area contributed by atoms with E-state index in [-0.39, 0.29) is 5.56 Å². The largest absolute Gasteiger partial charge is 0.322 e. The number of nitrogens with one attached hydrogen (secondary N) is 1. The second-order valence-corrected chi connectivity index (χ2v) is 4.34. The maximum absolute atomic E-state index is 11.2. The smallest absolute Gasteiger partial charge is 0.248 e. The minimum Gasteiger partial charge on any atom is -0.322 e. The standard InChI is InChI=1S/C13H15NO/c1-9(2)7-10-3-4-11-5-6-13(15)14-12(11)8-10/h3-6,8-9H,7H2,1-2H3,(H,14,15). The van der Waals surface area contributed by atoms with Gasteiger partial charge in [0.2, 0.25) is 5.56 Å². The van der Waals surface area contributed by atoms with Crippen LogP contribution in [0.4, 0.5) is 0 Å². The topological polar surface area (TPSA) is 32.9 Å². The Morgan fingerprint density at radius 2 is 1.93 bits per heavy atom. The third-order valence-corrected chi connectivity index (χ3v) is 2.43. The van der Waals surface area contributed by atoms with Crippen molar-refractivity contribution < 1.29 is 0 Å². The first-order valence-electron chi connectivity index (χ1n) is 5.27. The fraction of sp³-hybridized carbons (Fsp3) is 0.308. The summed E-state index contributed by atoms with van der Waals surface area (Å²) < 4.78 is 0. The molecule has 0 aliphatic heterocycles. The van der Waals surface area contributed by atoms with Gasteiger partial charge in [-0.05, 0) is 35.4 Å². The fourth-order valence-electron chi connectivity index (χ4n) is 1.80. The number of rotatable bonds is 2. The average molecular weight is 201 g/mol. The summed E-state index contributed by atoms with van der Waals surface area (Å²) in [5.41, 5.74) is 2.17. The first-order chi connectivity index (χ1) is 7.15. The van der Waals surface area contributed by atoms with Crippen molar-refractivity contribution in [2.75, 3.05) is 0 Å². The third kappa shape index (κ3) is 2.27. The van der Waals surface area contributed by atoms with E-state index in [2.05, 4.69) is 37.0 Å². The Bertz CT molecular complexity index is 525. The van der Waals surface area contributed by atoms with E-state index in [0.717, 1.165) is 17.3 Å². The summed E-state index contributed by atoms with van der Waals surface area (Å²) in [6.07, 6.45) is 1.05. The quantitative estimate of drug-likeness (QED) is 0.796. The van der Waals surface area contributed by atoms with Crippen LogP contribution in [0.3, 0.4) is 0 Å². The molecule has 0 saturated carbocycles. The lowest BCUT2D eigenvalue weighted by Crippen LogP contribution is -2.03. The van der Waals surface area contributed by atoms with E-state index in [0.29, 0.717) is 5.92 Å². The zero-order valence-corrected chi connectivity index (χ0v) is 9.08. The number of aromatic nitrogens is 1. The van der Waals surface area contributed by atoms with Crippen LogP contribution in [0.15, 0.2) is 35.1 Å². The molecule has 1 aromatic heterocycles. The van der Waals surface area contributed by atoms with Gasteiger partial charge in [0.15, 0.2) is 0 Å². The molecule has 0 bridgehead atoms. The van der Waals surface area contributed by atoms with Crippen molar-refractivity contribution in [2.45, 2.75) is 20.3 Å². The van der Waals surface area contributed by atoms with Gasteiger partial charge < -0.3 is 4.98 Å². The maximum atomic E-state index is 11.2. The summed E-state index contributed by atoms with van der Waals surface area (Å²) in [4.78, 5) is 14.0. The fourth-order valence-corrected chi connectivity index (χ4v) is 1.80. The van der Waals surface area contributed by atoms with Gasteiger partial charge >= 0.3 is 0 Å². The van der Waals surface area contributed by atoms with Crippen LogP contribution >= 0.6 is 0 Å². The molecule has 1 heterocycles. The number of fused-ring (bicyclic) bond motifs is 1. The molecule has 2 heteroatoms. The Balaban J connectivity index is 2.49. The van der Waals surface area contributed by atoms with Gasteiger partial charge in [0.1, 0.15) is 0 Å². The molecule has 15 heavy (non-hydrogen) atoms. The molecule has 0 aliphatic rings. The Hall–Kier alpha value is -1.57. The van der Waals surface area contributed by atoms with Gasteiger partial charge in [-0.25, -0.2) is 0 Å². The summed E-state index contributed by atoms with van der Waals surface area (Å²) >= 11 is 0. The first-order valence-corrected chi connectivity index (χ1v) is 5.27. The van der Waals surface area contributed by atoms with Crippen LogP contribution in [0, 0.1) is 5.92 Å². The Morgan fingerprint density at radius 3 is 2.67 bits per heavy atom. The SMILES string of the molecule is CC(C)Cc1ccc2ccc(=O)[nH]c2c1. The van der Waals surface area contributed by atoms with Crippen LogP contribution < -0.4 is 5.56 Å². The molecule has 1 aromatic carbocycles. The molecule has 2 aromatic rings. The monoisotopic (exact) mass is 201 g/mol. The molecule has 0 unspecified atom stereocenters. The van der Waals surface area contributed by atoms with E-state index < -0.39 is 0 Å². The minimum atomic E-state index is -0.0378. The summed E-state index contributed by atoms with van der Waals surface area (Å²) in [7, 11) is 0. The van der Waals surface area contributed by atoms with Gasteiger partial charge in [-0.15, -0.1) is 0 Å². The van der Waals surface area contributed by atoms with Crippen LogP contribution in [-0.4, -0.2) is 4.98 Å². The second-order valence-electron chi connectivity index (χ2n) is 4.34. The molecule has 2 rings (SSSR count). The Kier molecular flexibility index (Phi) is 2.58. The lowest BCUT2D eigenvalue weighted by molar-refractivity contribution is 0.647. The molecular formula is C13H15NO. The molecule has 0 radical (unpaired) electrons. The zero-order valence-electron chi connectivity index (χ0n) is 9.08. The second kappa shape index (κ2) is 3.89. The van der Waals surface area contributed by atoms with Crippen molar-refractivity contribution in [3.8, 4) is 0 Å². The zero-order chi connectivity index (χ0) is 10.8. The van der Waals surface area contributed by atoms with Crippen molar-refractivity contribution in [3.63, 3.8) is 0 Å². The Labute approximate surface area is 89.0 Å². The van der Waals surface area contributed by atoms with Crippen molar-refractivity contribution in [2.24, 2.45) is 5.92 Å². The molecule has 0 amide bonds. The van der Waals surface area contributed by atoms with Crippen molar-refractivity contribution in [1.82, 2.24) is 4.98 Å². The molecule has 78 valence electrons. The molecule has 2 nitrogen and oxygen atoms in total. The Morgan fingerprint density at radius 1 is 1.20 bits per heavy atom. The van der Waals surface area contributed by atoms with Gasteiger partial charge in [0, 0.05) is 11.6 Å². The van der Waals surface area contributed by atoms with E-state index in [1.807, 2.05) is 6.07 Å². The number of pyridine rings is 1. The third-order valence-electron chi connectivity index (χ3n) is 2.43. The molecule has 0 atom stereocenters. The highest BCUT2D eigenvalue weighted by Crippen LogP contribution is 2.14. The molecule has 0 saturated heterocycles. The van der Waals surface area contributed by atoms with Gasteiger partial charge in [0.25, 0.3) is 0 Å². The van der Waals surface area contributed by atoms with Crippen molar-refractivity contribution in [1.29, 1.82) is 0 Å². The summed E-state index contributed by atoms with van der Waals surface area (Å²) in [6.45, 7) is 4.38. The van der Waals surface area contributed by atoms with Crippen LogP contribution in [0.5, 0.6) is 0 Å². The summed E-state index contributed by atoms with van der Waals surface area (Å²) in [5, 5.41) is 1.09. The van der Waals surface area contributed by atoms with Crippen molar-refractivity contribution >= 4 is 10.9 Å². The minimum absolute atomic E-state index is 0.0378. The van der Waals surface area contributed by atoms with E-state index in [4.69, 9.17) is 0 Å². The van der Waals surface area contributed by atoms with E-state index >= 15 is 0 Å². The summed E-state index contributed by atoms with van der Waals surface area (Å²) in [5.74, 6) is 0.637. The van der Waals surface area contributed by atoms with Gasteiger partial charge in [0.05, 0.1) is 0 Å². The van der Waals surface area contributed by atoms with Crippen LogP contribution in [0.2, 0.25) is 0 Å².